The highest BCUT2D eigenvalue weighted by atomic mass is 16.5. The van der Waals surface area contributed by atoms with Gasteiger partial charge in [0.15, 0.2) is 0 Å². The predicted molar refractivity (Wildman–Crippen MR) is 44.8 cm³/mol. The van der Waals surface area contributed by atoms with Crippen molar-refractivity contribution in [2.45, 2.75) is 13.3 Å². The maximum atomic E-state index is 8.50. The van der Waals surface area contributed by atoms with E-state index in [2.05, 4.69) is 11.1 Å². The molecule has 0 amide bonds. The first kappa shape index (κ1) is 8.54. The van der Waals surface area contributed by atoms with E-state index in [0.717, 1.165) is 11.1 Å². The number of aryl methyl sites for hydroxylation is 1. The van der Waals surface area contributed by atoms with Gasteiger partial charge < -0.3 is 4.74 Å². The maximum Gasteiger partial charge on any atom is 0.213 e. The molecule has 0 N–H and O–H groups in total. The summed E-state index contributed by atoms with van der Waals surface area (Å²) in [5.41, 5.74) is 2.00. The van der Waals surface area contributed by atoms with E-state index >= 15 is 0 Å². The van der Waals surface area contributed by atoms with Crippen molar-refractivity contribution in [1.29, 1.82) is 5.26 Å². The minimum absolute atomic E-state index is 0.407. The van der Waals surface area contributed by atoms with Crippen molar-refractivity contribution in [1.82, 2.24) is 4.98 Å². The number of pyridine rings is 1. The summed E-state index contributed by atoms with van der Waals surface area (Å²) in [6.45, 7) is 1.93. The quantitative estimate of drug-likeness (QED) is 0.661. The Kier molecular flexibility index (Phi) is 2.65. The number of ether oxygens (including phenoxy) is 1. The molecule has 1 heterocycles. The minimum Gasteiger partial charge on any atom is -0.481 e. The van der Waals surface area contributed by atoms with Crippen LogP contribution in [0.25, 0.3) is 0 Å². The van der Waals surface area contributed by atoms with Crippen molar-refractivity contribution < 1.29 is 4.74 Å². The Morgan fingerprint density at radius 1 is 1.67 bits per heavy atom. The summed E-state index contributed by atoms with van der Waals surface area (Å²) in [4.78, 5) is 4.01. The minimum atomic E-state index is 0.407. The topological polar surface area (TPSA) is 45.9 Å². The number of methoxy groups -OCH3 is 1. The van der Waals surface area contributed by atoms with Crippen molar-refractivity contribution in [2.24, 2.45) is 0 Å². The van der Waals surface area contributed by atoms with Gasteiger partial charge in [0, 0.05) is 12.3 Å². The molecule has 0 aliphatic carbocycles. The third kappa shape index (κ3) is 1.73. The van der Waals surface area contributed by atoms with Gasteiger partial charge in [0.05, 0.1) is 19.6 Å². The molecule has 0 fully saturated rings. The van der Waals surface area contributed by atoms with Crippen LogP contribution >= 0.6 is 0 Å². The van der Waals surface area contributed by atoms with Gasteiger partial charge in [-0.15, -0.1) is 0 Å². The number of hydrogen-bond donors (Lipinski definition) is 0. The smallest absolute Gasteiger partial charge is 0.213 e. The molecule has 1 aromatic heterocycles. The zero-order chi connectivity index (χ0) is 8.97. The van der Waals surface area contributed by atoms with Gasteiger partial charge in [0.1, 0.15) is 0 Å². The average molecular weight is 162 g/mol. The van der Waals surface area contributed by atoms with E-state index in [4.69, 9.17) is 10.00 Å². The second-order valence-electron chi connectivity index (χ2n) is 2.49. The maximum absolute atomic E-state index is 8.50. The lowest BCUT2D eigenvalue weighted by Gasteiger charge is -2.02. The Morgan fingerprint density at radius 3 is 3.00 bits per heavy atom. The van der Waals surface area contributed by atoms with Gasteiger partial charge in [-0.2, -0.15) is 5.26 Å². The van der Waals surface area contributed by atoms with E-state index in [-0.39, 0.29) is 0 Å². The highest BCUT2D eigenvalue weighted by molar-refractivity contribution is 5.30. The summed E-state index contributed by atoms with van der Waals surface area (Å²) in [6.07, 6.45) is 2.12. The van der Waals surface area contributed by atoms with Crippen LogP contribution in [0.5, 0.6) is 5.88 Å². The zero-order valence-corrected chi connectivity index (χ0v) is 7.16. The van der Waals surface area contributed by atoms with Crippen LogP contribution in [0, 0.1) is 18.3 Å². The molecular formula is C9H10N2O. The summed E-state index contributed by atoms with van der Waals surface area (Å²) >= 11 is 0. The fraction of sp³-hybridized carbons (Fsp3) is 0.333. The first-order valence-corrected chi connectivity index (χ1v) is 3.64. The molecular weight excluding hydrogens is 152 g/mol. The van der Waals surface area contributed by atoms with Crippen molar-refractivity contribution >= 4 is 0 Å². The van der Waals surface area contributed by atoms with E-state index in [1.54, 1.807) is 19.4 Å². The zero-order valence-electron chi connectivity index (χ0n) is 7.16. The van der Waals surface area contributed by atoms with E-state index in [1.807, 2.05) is 6.92 Å². The highest BCUT2D eigenvalue weighted by Crippen LogP contribution is 2.13. The van der Waals surface area contributed by atoms with Crippen molar-refractivity contribution in [3.05, 3.63) is 23.4 Å². The number of rotatable bonds is 2. The number of nitrogens with zero attached hydrogens (tertiary/aromatic N) is 2. The SMILES string of the molecule is COc1cc(CC#N)c(C)cn1. The largest absolute Gasteiger partial charge is 0.481 e. The molecule has 0 atom stereocenters. The van der Waals surface area contributed by atoms with Crippen LogP contribution in [-0.2, 0) is 6.42 Å². The summed E-state index contributed by atoms with van der Waals surface area (Å²) < 4.78 is 4.94. The molecule has 1 aromatic rings. The monoisotopic (exact) mass is 162 g/mol. The van der Waals surface area contributed by atoms with Gasteiger partial charge in [-0.1, -0.05) is 0 Å². The van der Waals surface area contributed by atoms with E-state index in [1.165, 1.54) is 0 Å². The van der Waals surface area contributed by atoms with Crippen LogP contribution in [0.15, 0.2) is 12.3 Å². The summed E-state index contributed by atoms with van der Waals surface area (Å²) in [6, 6.07) is 3.88. The predicted octanol–water partition coefficient (Wildman–Crippen LogP) is 1.46. The van der Waals surface area contributed by atoms with Crippen LogP contribution in [-0.4, -0.2) is 12.1 Å². The van der Waals surface area contributed by atoms with E-state index < -0.39 is 0 Å². The number of aromatic nitrogens is 1. The highest BCUT2D eigenvalue weighted by Gasteiger charge is 2.00. The number of hydrogen-bond acceptors (Lipinski definition) is 3. The normalized spacial score (nSPS) is 9.08. The average Bonchev–Trinajstić information content (AvgIpc) is 2.09. The Bertz CT molecular complexity index is 315. The van der Waals surface area contributed by atoms with Crippen LogP contribution < -0.4 is 4.74 Å². The fourth-order valence-electron chi connectivity index (χ4n) is 0.931. The molecule has 1 rings (SSSR count). The lowest BCUT2D eigenvalue weighted by molar-refractivity contribution is 0.397. The molecule has 0 radical (unpaired) electrons. The molecule has 3 nitrogen and oxygen atoms in total. The molecule has 62 valence electrons. The molecule has 0 aromatic carbocycles. The van der Waals surface area contributed by atoms with Gasteiger partial charge >= 0.3 is 0 Å². The summed E-state index contributed by atoms with van der Waals surface area (Å²) in [5.74, 6) is 0.561. The van der Waals surface area contributed by atoms with Crippen molar-refractivity contribution in [3.63, 3.8) is 0 Å². The van der Waals surface area contributed by atoms with Gasteiger partial charge in [0.25, 0.3) is 0 Å². The Morgan fingerprint density at radius 2 is 2.42 bits per heavy atom. The lowest BCUT2D eigenvalue weighted by atomic mass is 10.1. The van der Waals surface area contributed by atoms with Gasteiger partial charge in [-0.3, -0.25) is 0 Å². The molecule has 0 aliphatic rings. The Labute approximate surface area is 71.6 Å². The molecule has 12 heavy (non-hydrogen) atoms. The van der Waals surface area contributed by atoms with E-state index in [9.17, 15) is 0 Å². The van der Waals surface area contributed by atoms with Gasteiger partial charge in [-0.05, 0) is 18.1 Å². The van der Waals surface area contributed by atoms with Crippen LogP contribution in [0.1, 0.15) is 11.1 Å². The first-order chi connectivity index (χ1) is 5.77. The Hall–Kier alpha value is -1.56. The van der Waals surface area contributed by atoms with Crippen LogP contribution in [0.3, 0.4) is 0 Å². The number of nitriles is 1. The second kappa shape index (κ2) is 3.72. The Balaban J connectivity index is 3.01. The van der Waals surface area contributed by atoms with Gasteiger partial charge in [-0.25, -0.2) is 4.98 Å². The van der Waals surface area contributed by atoms with Gasteiger partial charge in [0.2, 0.25) is 5.88 Å². The van der Waals surface area contributed by atoms with Crippen LogP contribution in [0.2, 0.25) is 0 Å². The van der Waals surface area contributed by atoms with E-state index in [0.29, 0.717) is 12.3 Å². The molecule has 0 aliphatic heterocycles. The molecule has 0 saturated heterocycles. The molecule has 0 saturated carbocycles. The van der Waals surface area contributed by atoms with Crippen molar-refractivity contribution in [2.75, 3.05) is 7.11 Å². The molecule has 0 unspecified atom stereocenters. The fourth-order valence-corrected chi connectivity index (χ4v) is 0.931. The standard InChI is InChI=1S/C9H10N2O/c1-7-6-11-9(12-2)5-8(7)3-4-10/h5-6H,3H2,1-2H3. The third-order valence-corrected chi connectivity index (χ3v) is 1.67. The molecule has 0 spiro atoms. The van der Waals surface area contributed by atoms with Crippen LogP contribution in [0.4, 0.5) is 0 Å². The molecule has 0 bridgehead atoms. The first-order valence-electron chi connectivity index (χ1n) is 3.64. The summed E-state index contributed by atoms with van der Waals surface area (Å²) in [7, 11) is 1.56. The lowest BCUT2D eigenvalue weighted by Crippen LogP contribution is -1.93. The summed E-state index contributed by atoms with van der Waals surface area (Å²) in [5, 5.41) is 8.50. The second-order valence-corrected chi connectivity index (χ2v) is 2.49. The molecule has 3 heteroatoms. The van der Waals surface area contributed by atoms with Crippen molar-refractivity contribution in [3.8, 4) is 11.9 Å². The third-order valence-electron chi connectivity index (χ3n) is 1.67.